The zero-order valence-corrected chi connectivity index (χ0v) is 18.0. The predicted octanol–water partition coefficient (Wildman–Crippen LogP) is 0.727. The smallest absolute Gasteiger partial charge is 0.256 e. The Labute approximate surface area is 189 Å². The molecule has 3 atom stereocenters. The number of imidazole rings is 1. The fourth-order valence-electron chi connectivity index (χ4n) is 4.19. The molecule has 12 heteroatoms. The molecule has 0 bridgehead atoms. The molecule has 2 aromatic rings. The van der Waals surface area contributed by atoms with E-state index in [1.54, 1.807) is 10.9 Å². The van der Waals surface area contributed by atoms with Gasteiger partial charge < -0.3 is 26.3 Å². The molecule has 2 aliphatic rings. The molecule has 2 fully saturated rings. The molecule has 11 nitrogen and oxygen atoms in total. The number of hydrogen-bond donors (Lipinski definition) is 3. The van der Waals surface area contributed by atoms with Gasteiger partial charge in [0, 0.05) is 12.5 Å². The summed E-state index contributed by atoms with van der Waals surface area (Å²) in [6, 6.07) is 0.327. The number of ether oxygens (including phenoxy) is 2. The minimum Gasteiger partial charge on any atom is -0.367 e. The number of anilines is 1. The van der Waals surface area contributed by atoms with Gasteiger partial charge in [0.1, 0.15) is 6.23 Å². The normalized spacial score (nSPS) is 23.6. The molecule has 1 aliphatic carbocycles. The second kappa shape index (κ2) is 9.28. The number of carbonyl (C=O) groups excluding carboxylic acids is 2. The highest BCUT2D eigenvalue weighted by Gasteiger charge is 2.38. The molecule has 0 spiro atoms. The Hall–Kier alpha value is -2.94. The molecule has 0 aromatic carbocycles. The molecule has 3 unspecified atom stereocenters. The van der Waals surface area contributed by atoms with E-state index in [1.807, 2.05) is 0 Å². The number of aromatic nitrogens is 4. The van der Waals surface area contributed by atoms with Gasteiger partial charge in [0.15, 0.2) is 17.0 Å². The maximum absolute atomic E-state index is 11.4. The molecule has 1 saturated heterocycles. The van der Waals surface area contributed by atoms with Crippen LogP contribution < -0.4 is 16.8 Å². The van der Waals surface area contributed by atoms with Crippen LogP contribution in [-0.2, 0) is 19.1 Å². The summed E-state index contributed by atoms with van der Waals surface area (Å²) >= 11 is 6.19. The van der Waals surface area contributed by atoms with Gasteiger partial charge in [-0.1, -0.05) is 12.8 Å². The van der Waals surface area contributed by atoms with Gasteiger partial charge in [-0.2, -0.15) is 9.97 Å². The van der Waals surface area contributed by atoms with E-state index in [0.29, 0.717) is 29.4 Å². The number of amides is 2. The van der Waals surface area contributed by atoms with Crippen LogP contribution in [0.3, 0.4) is 0 Å². The topological polar surface area (TPSA) is 160 Å². The van der Waals surface area contributed by atoms with Crippen molar-refractivity contribution in [3.05, 3.63) is 11.6 Å². The first-order valence-electron chi connectivity index (χ1n) is 10.4. The molecule has 5 N–H and O–H groups in total. The summed E-state index contributed by atoms with van der Waals surface area (Å²) in [5.41, 5.74) is 11.4. The second-order valence-electron chi connectivity index (χ2n) is 7.95. The largest absolute Gasteiger partial charge is 0.367 e. The Morgan fingerprint density at radius 3 is 2.72 bits per heavy atom. The van der Waals surface area contributed by atoms with Crippen LogP contribution in [0.4, 0.5) is 5.82 Å². The number of rotatable bonds is 8. The average Bonchev–Trinajstić information content (AvgIpc) is 3.46. The zero-order chi connectivity index (χ0) is 22.8. The minimum absolute atomic E-state index is 0.0943. The van der Waals surface area contributed by atoms with Gasteiger partial charge in [-0.3, -0.25) is 14.2 Å². The van der Waals surface area contributed by atoms with Gasteiger partial charge >= 0.3 is 0 Å². The van der Waals surface area contributed by atoms with Crippen molar-refractivity contribution in [3.8, 4) is 12.3 Å². The van der Waals surface area contributed by atoms with Crippen LogP contribution in [0, 0.1) is 18.3 Å². The average molecular weight is 462 g/mol. The van der Waals surface area contributed by atoms with Crippen LogP contribution in [0.1, 0.15) is 38.3 Å². The van der Waals surface area contributed by atoms with Crippen molar-refractivity contribution in [2.24, 2.45) is 17.4 Å². The fourth-order valence-corrected chi connectivity index (χ4v) is 4.36. The summed E-state index contributed by atoms with van der Waals surface area (Å²) in [6.07, 6.45) is 9.56. The van der Waals surface area contributed by atoms with E-state index in [-0.39, 0.29) is 17.8 Å². The molecular formula is C20H24ClN7O4. The van der Waals surface area contributed by atoms with Crippen molar-refractivity contribution in [2.45, 2.75) is 56.6 Å². The predicted molar refractivity (Wildman–Crippen MR) is 115 cm³/mol. The van der Waals surface area contributed by atoms with Crippen molar-refractivity contribution in [1.82, 2.24) is 19.5 Å². The van der Waals surface area contributed by atoms with Crippen LogP contribution in [-0.4, -0.2) is 56.2 Å². The maximum Gasteiger partial charge on any atom is 0.256 e. The summed E-state index contributed by atoms with van der Waals surface area (Å²) in [6.45, 7) is -0.126. The van der Waals surface area contributed by atoms with E-state index >= 15 is 0 Å². The van der Waals surface area contributed by atoms with E-state index in [0.717, 1.165) is 12.8 Å². The van der Waals surface area contributed by atoms with Crippen LogP contribution in [0.15, 0.2) is 6.33 Å². The highest BCUT2D eigenvalue weighted by Crippen LogP contribution is 2.36. The summed E-state index contributed by atoms with van der Waals surface area (Å²) in [5.74, 6) is 0.963. The lowest BCUT2D eigenvalue weighted by atomic mass is 10.0. The maximum atomic E-state index is 11.4. The van der Waals surface area contributed by atoms with Crippen molar-refractivity contribution < 1.29 is 19.1 Å². The lowest BCUT2D eigenvalue weighted by molar-refractivity contribution is -0.145. The summed E-state index contributed by atoms with van der Waals surface area (Å²) in [4.78, 5) is 35.8. The highest BCUT2D eigenvalue weighted by atomic mass is 35.5. The molecule has 4 rings (SSSR count). The first kappa shape index (κ1) is 22.3. The summed E-state index contributed by atoms with van der Waals surface area (Å²) < 4.78 is 13.1. The SMILES string of the molecule is C#CC1CC(n2cnc3c(NC4CCCC4)nc(Cl)nc32)OC1COC(C(N)=O)C(N)=O. The fraction of sp³-hybridized carbons (Fsp3) is 0.550. The lowest BCUT2D eigenvalue weighted by Crippen LogP contribution is -2.44. The number of nitrogens with zero attached hydrogens (tertiary/aromatic N) is 4. The Bertz CT molecular complexity index is 1050. The number of halogens is 1. The number of fused-ring (bicyclic) bond motifs is 1. The molecule has 1 saturated carbocycles. The first-order valence-corrected chi connectivity index (χ1v) is 10.7. The van der Waals surface area contributed by atoms with Crippen molar-refractivity contribution in [2.75, 3.05) is 11.9 Å². The summed E-state index contributed by atoms with van der Waals surface area (Å²) in [7, 11) is 0. The molecule has 3 heterocycles. The van der Waals surface area contributed by atoms with Crippen molar-refractivity contribution in [3.63, 3.8) is 0 Å². The Balaban J connectivity index is 1.54. The van der Waals surface area contributed by atoms with Crippen LogP contribution in [0.25, 0.3) is 11.2 Å². The van der Waals surface area contributed by atoms with E-state index in [2.05, 4.69) is 26.2 Å². The van der Waals surface area contributed by atoms with Gasteiger partial charge in [-0.05, 0) is 24.4 Å². The van der Waals surface area contributed by atoms with Crippen LogP contribution in [0.5, 0.6) is 0 Å². The van der Waals surface area contributed by atoms with Gasteiger partial charge in [-0.15, -0.1) is 12.3 Å². The quantitative estimate of drug-likeness (QED) is 0.294. The van der Waals surface area contributed by atoms with Crippen molar-refractivity contribution in [1.29, 1.82) is 0 Å². The molecule has 1 aliphatic heterocycles. The van der Waals surface area contributed by atoms with E-state index in [9.17, 15) is 9.59 Å². The van der Waals surface area contributed by atoms with Crippen LogP contribution in [0.2, 0.25) is 5.28 Å². The molecule has 2 aromatic heterocycles. The van der Waals surface area contributed by atoms with E-state index in [4.69, 9.17) is 39.0 Å². The van der Waals surface area contributed by atoms with E-state index in [1.165, 1.54) is 12.8 Å². The molecule has 170 valence electrons. The monoisotopic (exact) mass is 461 g/mol. The number of nitrogens with one attached hydrogen (secondary N) is 1. The molecule has 2 amide bonds. The van der Waals surface area contributed by atoms with Gasteiger partial charge in [0.2, 0.25) is 11.4 Å². The third kappa shape index (κ3) is 4.48. The van der Waals surface area contributed by atoms with Gasteiger partial charge in [0.05, 0.1) is 25.0 Å². The standard InChI is InChI=1S/C20H24ClN7O4/c1-2-10-7-13(32-12(10)8-31-15(16(22)29)17(23)30)28-9-24-14-18(25-11-5-3-4-6-11)26-20(21)27-19(14)28/h1,9-13,15H,3-8H2,(H2,22,29)(H2,23,30)(H,25,26,27). The minimum atomic E-state index is -1.55. The third-order valence-electron chi connectivity index (χ3n) is 5.79. The highest BCUT2D eigenvalue weighted by molar-refractivity contribution is 6.28. The Morgan fingerprint density at radius 1 is 1.34 bits per heavy atom. The lowest BCUT2D eigenvalue weighted by Gasteiger charge is -2.18. The molecular weight excluding hydrogens is 438 g/mol. The second-order valence-corrected chi connectivity index (χ2v) is 8.29. The number of primary amides is 2. The molecule has 32 heavy (non-hydrogen) atoms. The van der Waals surface area contributed by atoms with Gasteiger partial charge in [0.25, 0.3) is 11.8 Å². The number of nitrogens with two attached hydrogens (primary N) is 2. The van der Waals surface area contributed by atoms with Crippen molar-refractivity contribution >= 4 is 40.4 Å². The Morgan fingerprint density at radius 2 is 2.06 bits per heavy atom. The summed E-state index contributed by atoms with van der Waals surface area (Å²) in [5, 5.41) is 3.51. The van der Waals surface area contributed by atoms with Gasteiger partial charge in [-0.25, -0.2) is 4.98 Å². The number of terminal acetylenes is 1. The number of carbonyl (C=O) groups is 2. The Kier molecular flexibility index (Phi) is 6.45. The molecule has 0 radical (unpaired) electrons. The van der Waals surface area contributed by atoms with E-state index < -0.39 is 30.3 Å². The van der Waals surface area contributed by atoms with Crippen LogP contribution >= 0.6 is 11.6 Å². The number of hydrogen-bond acceptors (Lipinski definition) is 8. The zero-order valence-electron chi connectivity index (χ0n) is 17.2. The third-order valence-corrected chi connectivity index (χ3v) is 5.96. The first-order chi connectivity index (χ1) is 15.4.